The van der Waals surface area contributed by atoms with E-state index in [9.17, 15) is 0 Å². The third-order valence-electron chi connectivity index (χ3n) is 2.35. The molecule has 1 aromatic heterocycles. The average molecular weight is 215 g/mol. The van der Waals surface area contributed by atoms with Crippen LogP contribution in [-0.4, -0.2) is 22.4 Å². The van der Waals surface area contributed by atoms with Gasteiger partial charge < -0.3 is 10.0 Å². The fraction of sp³-hybridized carbons (Fsp3) is 0.167. The highest BCUT2D eigenvalue weighted by molar-refractivity contribution is 5.58. The second-order valence-corrected chi connectivity index (χ2v) is 3.44. The zero-order valence-corrected chi connectivity index (χ0v) is 9.04. The Kier molecular flexibility index (Phi) is 3.12. The molecule has 2 rings (SSSR count). The van der Waals surface area contributed by atoms with Crippen molar-refractivity contribution >= 4 is 11.5 Å². The molecule has 0 spiro atoms. The lowest BCUT2D eigenvalue weighted by atomic mass is 10.3. The van der Waals surface area contributed by atoms with E-state index >= 15 is 0 Å². The molecule has 0 aliphatic heterocycles. The van der Waals surface area contributed by atoms with Gasteiger partial charge in [0, 0.05) is 12.7 Å². The Hall–Kier alpha value is -1.94. The number of aromatic nitrogens is 2. The summed E-state index contributed by atoms with van der Waals surface area (Å²) in [6.45, 7) is -0.0810. The van der Waals surface area contributed by atoms with Crippen molar-refractivity contribution in [3.8, 4) is 0 Å². The van der Waals surface area contributed by atoms with Crippen molar-refractivity contribution < 1.29 is 5.11 Å². The van der Waals surface area contributed by atoms with Crippen molar-refractivity contribution in [2.75, 3.05) is 11.9 Å². The molecule has 82 valence electrons. The Balaban J connectivity index is 2.24. The molecule has 0 amide bonds. The van der Waals surface area contributed by atoms with Crippen LogP contribution in [0.2, 0.25) is 0 Å². The minimum atomic E-state index is -0.0810. The van der Waals surface area contributed by atoms with Crippen LogP contribution in [0.1, 0.15) is 5.69 Å². The van der Waals surface area contributed by atoms with Gasteiger partial charge in [-0.2, -0.15) is 5.10 Å². The van der Waals surface area contributed by atoms with Gasteiger partial charge >= 0.3 is 0 Å². The number of nitrogens with zero attached hydrogens (tertiary/aromatic N) is 3. The normalized spacial score (nSPS) is 10.1. The van der Waals surface area contributed by atoms with Crippen molar-refractivity contribution in [3.63, 3.8) is 0 Å². The van der Waals surface area contributed by atoms with E-state index in [1.807, 2.05) is 48.3 Å². The standard InChI is InChI=1S/C12H13N3O/c1-15(11-5-3-2-4-6-11)12-8-7-10(9-16)13-14-12/h2-8,16H,9H2,1H3. The van der Waals surface area contributed by atoms with Crippen LogP contribution < -0.4 is 4.90 Å². The highest BCUT2D eigenvalue weighted by Gasteiger charge is 2.04. The van der Waals surface area contributed by atoms with Crippen LogP contribution in [0.4, 0.5) is 11.5 Å². The molecule has 2 aromatic rings. The second-order valence-electron chi connectivity index (χ2n) is 3.44. The van der Waals surface area contributed by atoms with Crippen LogP contribution in [0.25, 0.3) is 0 Å². The lowest BCUT2D eigenvalue weighted by molar-refractivity contribution is 0.275. The molecule has 0 atom stereocenters. The van der Waals surface area contributed by atoms with Crippen molar-refractivity contribution in [3.05, 3.63) is 48.2 Å². The predicted molar refractivity (Wildman–Crippen MR) is 62.5 cm³/mol. The molecular weight excluding hydrogens is 202 g/mol. The van der Waals surface area contributed by atoms with Crippen LogP contribution in [0.15, 0.2) is 42.5 Å². The fourth-order valence-corrected chi connectivity index (χ4v) is 1.40. The third-order valence-corrected chi connectivity index (χ3v) is 2.35. The maximum absolute atomic E-state index is 8.87. The fourth-order valence-electron chi connectivity index (χ4n) is 1.40. The van der Waals surface area contributed by atoms with Crippen molar-refractivity contribution in [1.82, 2.24) is 10.2 Å². The number of aliphatic hydroxyl groups is 1. The molecule has 4 nitrogen and oxygen atoms in total. The summed E-state index contributed by atoms with van der Waals surface area (Å²) in [7, 11) is 1.93. The number of benzene rings is 1. The highest BCUT2D eigenvalue weighted by Crippen LogP contribution is 2.19. The van der Waals surface area contributed by atoms with Gasteiger partial charge in [0.15, 0.2) is 5.82 Å². The quantitative estimate of drug-likeness (QED) is 0.847. The van der Waals surface area contributed by atoms with Crippen molar-refractivity contribution in [1.29, 1.82) is 0 Å². The number of aliphatic hydroxyl groups excluding tert-OH is 1. The largest absolute Gasteiger partial charge is 0.390 e. The van der Waals surface area contributed by atoms with Crippen LogP contribution in [0.3, 0.4) is 0 Å². The van der Waals surface area contributed by atoms with E-state index < -0.39 is 0 Å². The van der Waals surface area contributed by atoms with Crippen LogP contribution in [0.5, 0.6) is 0 Å². The molecule has 0 unspecified atom stereocenters. The van der Waals surface area contributed by atoms with Gasteiger partial charge in [-0.25, -0.2) is 0 Å². The van der Waals surface area contributed by atoms with Gasteiger partial charge in [-0.1, -0.05) is 18.2 Å². The van der Waals surface area contributed by atoms with Crippen LogP contribution in [-0.2, 0) is 6.61 Å². The summed E-state index contributed by atoms with van der Waals surface area (Å²) in [5.41, 5.74) is 1.62. The maximum atomic E-state index is 8.87. The monoisotopic (exact) mass is 215 g/mol. The molecule has 0 aliphatic carbocycles. The van der Waals surface area contributed by atoms with E-state index in [1.165, 1.54) is 0 Å². The molecule has 4 heteroatoms. The Morgan fingerprint density at radius 3 is 2.38 bits per heavy atom. The number of anilines is 2. The summed E-state index contributed by atoms with van der Waals surface area (Å²) in [5.74, 6) is 0.753. The first-order valence-corrected chi connectivity index (χ1v) is 5.03. The van der Waals surface area contributed by atoms with Crippen molar-refractivity contribution in [2.24, 2.45) is 0 Å². The van der Waals surface area contributed by atoms with E-state index in [0.717, 1.165) is 11.5 Å². The summed E-state index contributed by atoms with van der Waals surface area (Å²) in [5, 5.41) is 16.8. The summed E-state index contributed by atoms with van der Waals surface area (Å²) in [4.78, 5) is 1.94. The number of para-hydroxylation sites is 1. The van der Waals surface area contributed by atoms with Gasteiger partial charge in [0.25, 0.3) is 0 Å². The molecule has 0 fully saturated rings. The number of hydrogen-bond donors (Lipinski definition) is 1. The van der Waals surface area contributed by atoms with Gasteiger partial charge in [0.2, 0.25) is 0 Å². The van der Waals surface area contributed by atoms with Crippen molar-refractivity contribution in [2.45, 2.75) is 6.61 Å². The molecule has 16 heavy (non-hydrogen) atoms. The number of rotatable bonds is 3. The molecule has 0 radical (unpaired) electrons. The summed E-state index contributed by atoms with van der Waals surface area (Å²) in [6, 6.07) is 13.5. The molecule has 0 saturated carbocycles. The van der Waals surface area contributed by atoms with Crippen LogP contribution >= 0.6 is 0 Å². The zero-order valence-electron chi connectivity index (χ0n) is 9.04. The Morgan fingerprint density at radius 1 is 1.06 bits per heavy atom. The first-order valence-electron chi connectivity index (χ1n) is 5.03. The Bertz CT molecular complexity index is 442. The van der Waals surface area contributed by atoms with Gasteiger partial charge in [0.05, 0.1) is 12.3 Å². The summed E-state index contributed by atoms with van der Waals surface area (Å²) < 4.78 is 0. The predicted octanol–water partition coefficient (Wildman–Crippen LogP) is 1.74. The molecular formula is C12H13N3O. The van der Waals surface area contributed by atoms with E-state index in [-0.39, 0.29) is 6.61 Å². The molecule has 0 bridgehead atoms. The topological polar surface area (TPSA) is 49.2 Å². The third kappa shape index (κ3) is 2.17. The summed E-state index contributed by atoms with van der Waals surface area (Å²) >= 11 is 0. The van der Waals surface area contributed by atoms with Gasteiger partial charge in [-0.15, -0.1) is 5.10 Å². The zero-order chi connectivity index (χ0) is 11.4. The minimum absolute atomic E-state index is 0.0810. The summed E-state index contributed by atoms with van der Waals surface area (Å²) in [6.07, 6.45) is 0. The molecule has 1 heterocycles. The highest BCUT2D eigenvalue weighted by atomic mass is 16.3. The van der Waals surface area contributed by atoms with E-state index in [4.69, 9.17) is 5.11 Å². The van der Waals surface area contributed by atoms with E-state index in [1.54, 1.807) is 6.07 Å². The SMILES string of the molecule is CN(c1ccccc1)c1ccc(CO)nn1. The van der Waals surface area contributed by atoms with Crippen LogP contribution in [0, 0.1) is 0 Å². The first kappa shape index (κ1) is 10.6. The molecule has 0 aliphatic rings. The second kappa shape index (κ2) is 4.72. The smallest absolute Gasteiger partial charge is 0.155 e. The lowest BCUT2D eigenvalue weighted by Gasteiger charge is -2.17. The Morgan fingerprint density at radius 2 is 1.81 bits per heavy atom. The van der Waals surface area contributed by atoms with Gasteiger partial charge in [-0.3, -0.25) is 0 Å². The minimum Gasteiger partial charge on any atom is -0.390 e. The molecule has 1 N–H and O–H groups in total. The first-order chi connectivity index (χ1) is 7.81. The van der Waals surface area contributed by atoms with Gasteiger partial charge in [0.1, 0.15) is 0 Å². The van der Waals surface area contributed by atoms with Gasteiger partial charge in [-0.05, 0) is 24.3 Å². The maximum Gasteiger partial charge on any atom is 0.155 e. The molecule has 0 saturated heterocycles. The average Bonchev–Trinajstić information content (AvgIpc) is 2.39. The number of hydrogen-bond acceptors (Lipinski definition) is 4. The molecule has 1 aromatic carbocycles. The Labute approximate surface area is 94.2 Å². The lowest BCUT2D eigenvalue weighted by Crippen LogP contribution is -2.12. The van der Waals surface area contributed by atoms with E-state index in [2.05, 4.69) is 10.2 Å². The van der Waals surface area contributed by atoms with E-state index in [0.29, 0.717) is 5.69 Å².